The second kappa shape index (κ2) is 6.00. The van der Waals surface area contributed by atoms with E-state index >= 15 is 0 Å². The number of Topliss-reactive ketones (excluding diaryl/α,β-unsaturated/α-hetero) is 1. The Balaban J connectivity index is 0.000000561. The van der Waals surface area contributed by atoms with Crippen molar-refractivity contribution in [3.63, 3.8) is 0 Å². The zero-order valence-corrected chi connectivity index (χ0v) is 8.62. The predicted molar refractivity (Wildman–Crippen MR) is 54.9 cm³/mol. The minimum absolute atomic E-state index is 0.0298. The molecule has 3 heteroatoms. The summed E-state index contributed by atoms with van der Waals surface area (Å²) in [6.07, 6.45) is 4.97. The Morgan fingerprint density at radius 3 is 2.42 bits per heavy atom. The molecule has 0 saturated heterocycles. The Labute approximate surface area is 77.9 Å². The molecule has 1 rings (SSSR count). The van der Waals surface area contributed by atoms with Gasteiger partial charge in [-0.25, -0.2) is 0 Å². The summed E-state index contributed by atoms with van der Waals surface area (Å²) >= 11 is 1.62. The quantitative estimate of drug-likeness (QED) is 0.682. The third-order valence-electron chi connectivity index (χ3n) is 1.47. The molecular formula is C9H15NOS. The largest absolute Gasteiger partial charge is 0.297 e. The van der Waals surface area contributed by atoms with Crippen LogP contribution in [0.4, 0.5) is 0 Å². The van der Waals surface area contributed by atoms with Gasteiger partial charge in [0, 0.05) is 6.42 Å². The van der Waals surface area contributed by atoms with Crippen LogP contribution in [0.5, 0.6) is 0 Å². The first-order valence-electron chi connectivity index (χ1n) is 4.10. The predicted octanol–water partition coefficient (Wildman–Crippen LogP) is 2.64. The van der Waals surface area contributed by atoms with Gasteiger partial charge in [0.2, 0.25) is 0 Å². The van der Waals surface area contributed by atoms with Crippen LogP contribution in [0.25, 0.3) is 0 Å². The van der Waals surface area contributed by atoms with E-state index in [4.69, 9.17) is 5.41 Å². The number of carbonyl (C=O) groups is 1. The van der Waals surface area contributed by atoms with Crippen molar-refractivity contribution < 1.29 is 4.79 Å². The highest BCUT2D eigenvalue weighted by atomic mass is 32.2. The summed E-state index contributed by atoms with van der Waals surface area (Å²) in [7, 11) is 0. The molecule has 1 N–H and O–H groups in total. The van der Waals surface area contributed by atoms with Crippen LogP contribution in [0.2, 0.25) is 0 Å². The molecule has 1 aliphatic rings. The topological polar surface area (TPSA) is 40.9 Å². The van der Waals surface area contributed by atoms with E-state index in [0.717, 1.165) is 11.3 Å². The first-order chi connectivity index (χ1) is 5.74. The lowest BCUT2D eigenvalue weighted by atomic mass is 10.0. The average Bonchev–Trinajstić information content (AvgIpc) is 2.13. The number of rotatable bonds is 1. The highest BCUT2D eigenvalue weighted by Crippen LogP contribution is 2.21. The van der Waals surface area contributed by atoms with Crippen LogP contribution in [-0.4, -0.2) is 17.8 Å². The first kappa shape index (κ1) is 11.4. The van der Waals surface area contributed by atoms with Crippen molar-refractivity contribution in [3.8, 4) is 0 Å². The van der Waals surface area contributed by atoms with Gasteiger partial charge in [0.15, 0.2) is 5.78 Å². The number of nitrogens with one attached hydrogen (secondary N) is 1. The summed E-state index contributed by atoms with van der Waals surface area (Å²) in [5, 5.41) is 7.19. The number of hydrogen-bond donors (Lipinski definition) is 1. The summed E-state index contributed by atoms with van der Waals surface area (Å²) in [5.41, 5.74) is 0.163. The maximum Gasteiger partial charge on any atom is 0.180 e. The third-order valence-corrected chi connectivity index (χ3v) is 2.31. The molecule has 0 aliphatic heterocycles. The smallest absolute Gasteiger partial charge is 0.180 e. The van der Waals surface area contributed by atoms with E-state index in [0.29, 0.717) is 6.42 Å². The van der Waals surface area contributed by atoms with E-state index in [-0.39, 0.29) is 11.5 Å². The van der Waals surface area contributed by atoms with Gasteiger partial charge < -0.3 is 0 Å². The third kappa shape index (κ3) is 3.22. The van der Waals surface area contributed by atoms with Crippen molar-refractivity contribution in [1.82, 2.24) is 0 Å². The summed E-state index contributed by atoms with van der Waals surface area (Å²) < 4.78 is 0. The molecule has 0 unspecified atom stereocenters. The molecule has 0 saturated carbocycles. The fourth-order valence-corrected chi connectivity index (χ4v) is 1.39. The molecule has 0 atom stereocenters. The standard InChI is InChI=1S/C7H9NOS.C2H6/c1-10-5-2-3-7(9)6(8)4-5;1-2/h4,8H,2-3H2,1H3;1-2H3. The van der Waals surface area contributed by atoms with Gasteiger partial charge in [-0.3, -0.25) is 10.2 Å². The van der Waals surface area contributed by atoms with Gasteiger partial charge in [-0.15, -0.1) is 11.8 Å². The van der Waals surface area contributed by atoms with E-state index in [1.807, 2.05) is 20.1 Å². The monoisotopic (exact) mass is 185 g/mol. The summed E-state index contributed by atoms with van der Waals surface area (Å²) in [5.74, 6) is -0.0298. The second-order valence-electron chi connectivity index (χ2n) is 2.15. The lowest BCUT2D eigenvalue weighted by Gasteiger charge is -2.08. The van der Waals surface area contributed by atoms with E-state index < -0.39 is 0 Å². The molecule has 0 aromatic heterocycles. The number of carbonyl (C=O) groups excluding carboxylic acids is 1. The molecular weight excluding hydrogens is 170 g/mol. The van der Waals surface area contributed by atoms with Crippen LogP contribution >= 0.6 is 11.8 Å². The number of allylic oxidation sites excluding steroid dienone is 2. The Bertz CT molecular complexity index is 209. The van der Waals surface area contributed by atoms with Gasteiger partial charge in [0.05, 0.1) is 5.71 Å². The lowest BCUT2D eigenvalue weighted by Crippen LogP contribution is -2.14. The minimum atomic E-state index is -0.0298. The maximum absolute atomic E-state index is 10.8. The SMILES string of the molecule is CC.CSC1=CC(=N)C(=O)CC1. The van der Waals surface area contributed by atoms with Gasteiger partial charge in [-0.1, -0.05) is 13.8 Å². The number of thioether (sulfide) groups is 1. The number of hydrogen-bond acceptors (Lipinski definition) is 3. The van der Waals surface area contributed by atoms with Crippen LogP contribution < -0.4 is 0 Å². The molecule has 0 bridgehead atoms. The van der Waals surface area contributed by atoms with Gasteiger partial charge in [0.25, 0.3) is 0 Å². The number of ketones is 1. The molecule has 0 fully saturated rings. The van der Waals surface area contributed by atoms with Crippen molar-refractivity contribution in [3.05, 3.63) is 11.0 Å². The Morgan fingerprint density at radius 1 is 1.42 bits per heavy atom. The van der Waals surface area contributed by atoms with Gasteiger partial charge in [-0.05, 0) is 23.7 Å². The van der Waals surface area contributed by atoms with Gasteiger partial charge >= 0.3 is 0 Å². The first-order valence-corrected chi connectivity index (χ1v) is 5.33. The normalized spacial score (nSPS) is 16.4. The van der Waals surface area contributed by atoms with Crippen molar-refractivity contribution in [2.75, 3.05) is 6.26 Å². The van der Waals surface area contributed by atoms with Crippen LogP contribution in [0.3, 0.4) is 0 Å². The van der Waals surface area contributed by atoms with Crippen molar-refractivity contribution in [2.45, 2.75) is 26.7 Å². The molecule has 0 amide bonds. The minimum Gasteiger partial charge on any atom is -0.297 e. The Kier molecular flexibility index (Phi) is 5.72. The fraction of sp³-hybridized carbons (Fsp3) is 0.556. The zero-order chi connectivity index (χ0) is 9.56. The lowest BCUT2D eigenvalue weighted by molar-refractivity contribution is -0.113. The molecule has 2 nitrogen and oxygen atoms in total. The van der Waals surface area contributed by atoms with Crippen LogP contribution in [0, 0.1) is 5.41 Å². The average molecular weight is 185 g/mol. The highest BCUT2D eigenvalue weighted by Gasteiger charge is 2.14. The van der Waals surface area contributed by atoms with E-state index in [1.165, 1.54) is 0 Å². The Hall–Kier alpha value is -0.570. The molecule has 0 aromatic carbocycles. The van der Waals surface area contributed by atoms with Crippen LogP contribution in [0.1, 0.15) is 26.7 Å². The summed E-state index contributed by atoms with van der Waals surface area (Å²) in [6.45, 7) is 4.00. The van der Waals surface area contributed by atoms with Gasteiger partial charge in [-0.2, -0.15) is 0 Å². The van der Waals surface area contributed by atoms with E-state index in [1.54, 1.807) is 17.8 Å². The Morgan fingerprint density at radius 2 is 2.00 bits per heavy atom. The van der Waals surface area contributed by atoms with E-state index in [9.17, 15) is 4.79 Å². The molecule has 0 aromatic rings. The zero-order valence-electron chi connectivity index (χ0n) is 7.81. The van der Waals surface area contributed by atoms with Crippen molar-refractivity contribution >= 4 is 23.3 Å². The van der Waals surface area contributed by atoms with Crippen LogP contribution in [-0.2, 0) is 4.79 Å². The maximum atomic E-state index is 10.8. The highest BCUT2D eigenvalue weighted by molar-refractivity contribution is 8.02. The van der Waals surface area contributed by atoms with Crippen molar-refractivity contribution in [1.29, 1.82) is 5.41 Å². The molecule has 0 radical (unpaired) electrons. The molecule has 0 heterocycles. The molecule has 68 valence electrons. The van der Waals surface area contributed by atoms with Crippen LogP contribution in [0.15, 0.2) is 11.0 Å². The van der Waals surface area contributed by atoms with Crippen molar-refractivity contribution in [2.24, 2.45) is 0 Å². The van der Waals surface area contributed by atoms with Gasteiger partial charge in [0.1, 0.15) is 0 Å². The molecule has 0 spiro atoms. The molecule has 12 heavy (non-hydrogen) atoms. The van der Waals surface area contributed by atoms with E-state index in [2.05, 4.69) is 0 Å². The second-order valence-corrected chi connectivity index (χ2v) is 3.08. The fourth-order valence-electron chi connectivity index (χ4n) is 0.846. The summed E-state index contributed by atoms with van der Waals surface area (Å²) in [4.78, 5) is 11.9. The molecule has 1 aliphatic carbocycles. The summed E-state index contributed by atoms with van der Waals surface area (Å²) in [6, 6.07) is 0.